The Hall–Kier alpha value is -1.83. The summed E-state index contributed by atoms with van der Waals surface area (Å²) in [6.07, 6.45) is 2.28. The Labute approximate surface area is 114 Å². The van der Waals surface area contributed by atoms with Crippen molar-refractivity contribution in [2.45, 2.75) is 33.2 Å². The maximum Gasteiger partial charge on any atom is 0.123 e. The van der Waals surface area contributed by atoms with Crippen molar-refractivity contribution in [3.05, 3.63) is 65.0 Å². The van der Waals surface area contributed by atoms with Crippen molar-refractivity contribution >= 4 is 5.69 Å². The second-order valence-corrected chi connectivity index (χ2v) is 4.87. The molecule has 2 aromatic rings. The number of rotatable bonds is 5. The van der Waals surface area contributed by atoms with Gasteiger partial charge in [0.05, 0.1) is 0 Å². The predicted molar refractivity (Wildman–Crippen MR) is 78.9 cm³/mol. The summed E-state index contributed by atoms with van der Waals surface area (Å²) in [6, 6.07) is 13.4. The van der Waals surface area contributed by atoms with Crippen LogP contribution in [0.1, 0.15) is 30.0 Å². The summed E-state index contributed by atoms with van der Waals surface area (Å²) in [5, 5.41) is 3.33. The molecule has 2 rings (SSSR count). The molecule has 0 aliphatic rings. The highest BCUT2D eigenvalue weighted by Crippen LogP contribution is 2.15. The molecule has 1 nitrogen and oxygen atoms in total. The minimum atomic E-state index is -0.180. The summed E-state index contributed by atoms with van der Waals surface area (Å²) in [5.41, 5.74) is 4.53. The number of benzene rings is 2. The van der Waals surface area contributed by atoms with Crippen molar-refractivity contribution in [2.24, 2.45) is 0 Å². The van der Waals surface area contributed by atoms with Crippen LogP contribution in [0.4, 0.5) is 10.1 Å². The van der Waals surface area contributed by atoms with E-state index >= 15 is 0 Å². The van der Waals surface area contributed by atoms with Gasteiger partial charge in [0.15, 0.2) is 0 Å². The molecule has 0 radical (unpaired) electrons. The van der Waals surface area contributed by atoms with Crippen LogP contribution in [0.2, 0.25) is 0 Å². The standard InChI is InChI=1S/C17H20FN/c1-3-4-14-6-9-17(10-7-14)19-12-15-11-16(18)8-5-13(15)2/h5-11,19H,3-4,12H2,1-2H3. The van der Waals surface area contributed by atoms with Crippen LogP contribution < -0.4 is 5.32 Å². The van der Waals surface area contributed by atoms with Gasteiger partial charge in [-0.3, -0.25) is 0 Å². The van der Waals surface area contributed by atoms with Crippen LogP contribution in [0.3, 0.4) is 0 Å². The molecular formula is C17H20FN. The highest BCUT2D eigenvalue weighted by molar-refractivity contribution is 5.45. The summed E-state index contributed by atoms with van der Waals surface area (Å²) in [4.78, 5) is 0. The van der Waals surface area contributed by atoms with Crippen molar-refractivity contribution in [3.8, 4) is 0 Å². The van der Waals surface area contributed by atoms with Gasteiger partial charge in [0, 0.05) is 12.2 Å². The van der Waals surface area contributed by atoms with Crippen LogP contribution in [-0.4, -0.2) is 0 Å². The monoisotopic (exact) mass is 257 g/mol. The lowest BCUT2D eigenvalue weighted by atomic mass is 10.1. The molecule has 0 fully saturated rings. The smallest absolute Gasteiger partial charge is 0.123 e. The molecule has 0 unspecified atom stereocenters. The van der Waals surface area contributed by atoms with Gasteiger partial charge in [-0.15, -0.1) is 0 Å². The maximum absolute atomic E-state index is 13.2. The van der Waals surface area contributed by atoms with Crippen molar-refractivity contribution < 1.29 is 4.39 Å². The molecule has 100 valence electrons. The molecule has 0 saturated carbocycles. The van der Waals surface area contributed by atoms with E-state index in [-0.39, 0.29) is 5.82 Å². The lowest BCUT2D eigenvalue weighted by Crippen LogP contribution is -2.02. The Bertz CT molecular complexity index is 531. The molecule has 2 heteroatoms. The van der Waals surface area contributed by atoms with Crippen LogP contribution in [0.25, 0.3) is 0 Å². The lowest BCUT2D eigenvalue weighted by molar-refractivity contribution is 0.625. The molecule has 0 bridgehead atoms. The first kappa shape index (κ1) is 13.6. The number of anilines is 1. The summed E-state index contributed by atoms with van der Waals surface area (Å²) >= 11 is 0. The zero-order valence-electron chi connectivity index (χ0n) is 11.5. The van der Waals surface area contributed by atoms with Gasteiger partial charge in [0.25, 0.3) is 0 Å². The molecule has 0 aliphatic heterocycles. The van der Waals surface area contributed by atoms with Crippen LogP contribution in [0.15, 0.2) is 42.5 Å². The average molecular weight is 257 g/mol. The number of nitrogens with one attached hydrogen (secondary N) is 1. The summed E-state index contributed by atoms with van der Waals surface area (Å²) in [6.45, 7) is 4.83. The fourth-order valence-corrected chi connectivity index (χ4v) is 2.11. The zero-order chi connectivity index (χ0) is 13.7. The molecule has 0 aliphatic carbocycles. The molecule has 0 saturated heterocycles. The van der Waals surface area contributed by atoms with E-state index in [1.165, 1.54) is 11.6 Å². The summed E-state index contributed by atoms with van der Waals surface area (Å²) < 4.78 is 13.2. The minimum absolute atomic E-state index is 0.180. The quantitative estimate of drug-likeness (QED) is 0.818. The molecule has 19 heavy (non-hydrogen) atoms. The fourth-order valence-electron chi connectivity index (χ4n) is 2.11. The molecule has 0 heterocycles. The van der Waals surface area contributed by atoms with Gasteiger partial charge in [-0.05, 0) is 54.3 Å². The zero-order valence-corrected chi connectivity index (χ0v) is 11.5. The third kappa shape index (κ3) is 3.82. The van der Waals surface area contributed by atoms with Crippen molar-refractivity contribution in [1.82, 2.24) is 0 Å². The Morgan fingerprint density at radius 1 is 1.05 bits per heavy atom. The first-order chi connectivity index (χ1) is 9.19. The van der Waals surface area contributed by atoms with Crippen molar-refractivity contribution in [2.75, 3.05) is 5.32 Å². The molecule has 1 N–H and O–H groups in total. The van der Waals surface area contributed by atoms with Crippen LogP contribution in [0.5, 0.6) is 0 Å². The van der Waals surface area contributed by atoms with E-state index in [9.17, 15) is 4.39 Å². The molecule has 0 atom stereocenters. The molecular weight excluding hydrogens is 237 g/mol. The maximum atomic E-state index is 13.2. The molecule has 0 aromatic heterocycles. The summed E-state index contributed by atoms with van der Waals surface area (Å²) in [5.74, 6) is -0.180. The second-order valence-electron chi connectivity index (χ2n) is 4.87. The molecule has 0 spiro atoms. The predicted octanol–water partition coefficient (Wildman–Crippen LogP) is 4.70. The SMILES string of the molecule is CCCc1ccc(NCc2cc(F)ccc2C)cc1. The van der Waals surface area contributed by atoms with E-state index in [4.69, 9.17) is 0 Å². The van der Waals surface area contributed by atoms with Gasteiger partial charge in [-0.2, -0.15) is 0 Å². The molecule has 2 aromatic carbocycles. The van der Waals surface area contributed by atoms with E-state index in [1.54, 1.807) is 6.07 Å². The van der Waals surface area contributed by atoms with Gasteiger partial charge in [0.1, 0.15) is 5.82 Å². The van der Waals surface area contributed by atoms with E-state index in [1.807, 2.05) is 13.0 Å². The average Bonchev–Trinajstić information content (AvgIpc) is 2.42. The highest BCUT2D eigenvalue weighted by atomic mass is 19.1. The number of hydrogen-bond acceptors (Lipinski definition) is 1. The van der Waals surface area contributed by atoms with Crippen LogP contribution in [-0.2, 0) is 13.0 Å². The first-order valence-corrected chi connectivity index (χ1v) is 6.77. The normalized spacial score (nSPS) is 10.5. The highest BCUT2D eigenvalue weighted by Gasteiger charge is 2.00. The Balaban J connectivity index is 2.00. The minimum Gasteiger partial charge on any atom is -0.381 e. The van der Waals surface area contributed by atoms with Crippen LogP contribution >= 0.6 is 0 Å². The second kappa shape index (κ2) is 6.37. The lowest BCUT2D eigenvalue weighted by Gasteiger charge is -2.10. The third-order valence-electron chi connectivity index (χ3n) is 3.29. The topological polar surface area (TPSA) is 12.0 Å². The number of hydrogen-bond donors (Lipinski definition) is 1. The van der Waals surface area contributed by atoms with Crippen molar-refractivity contribution in [3.63, 3.8) is 0 Å². The van der Waals surface area contributed by atoms with E-state index in [0.717, 1.165) is 29.7 Å². The Morgan fingerprint density at radius 3 is 2.47 bits per heavy atom. The molecule has 0 amide bonds. The number of halogens is 1. The largest absolute Gasteiger partial charge is 0.381 e. The third-order valence-corrected chi connectivity index (χ3v) is 3.29. The van der Waals surface area contributed by atoms with Gasteiger partial charge in [-0.1, -0.05) is 31.5 Å². The van der Waals surface area contributed by atoms with Gasteiger partial charge in [-0.25, -0.2) is 4.39 Å². The van der Waals surface area contributed by atoms with E-state index in [2.05, 4.69) is 36.5 Å². The van der Waals surface area contributed by atoms with Gasteiger partial charge >= 0.3 is 0 Å². The van der Waals surface area contributed by atoms with Crippen LogP contribution in [0, 0.1) is 12.7 Å². The number of aryl methyl sites for hydroxylation is 2. The summed E-state index contributed by atoms with van der Waals surface area (Å²) in [7, 11) is 0. The van der Waals surface area contributed by atoms with E-state index in [0.29, 0.717) is 6.54 Å². The van der Waals surface area contributed by atoms with E-state index < -0.39 is 0 Å². The van der Waals surface area contributed by atoms with Gasteiger partial charge in [0.2, 0.25) is 0 Å². The van der Waals surface area contributed by atoms with Gasteiger partial charge < -0.3 is 5.32 Å². The first-order valence-electron chi connectivity index (χ1n) is 6.77. The Morgan fingerprint density at radius 2 is 1.79 bits per heavy atom. The fraction of sp³-hybridized carbons (Fsp3) is 0.294. The van der Waals surface area contributed by atoms with Crippen molar-refractivity contribution in [1.29, 1.82) is 0 Å². The Kier molecular flexibility index (Phi) is 4.56.